The van der Waals surface area contributed by atoms with Crippen LogP contribution in [0.4, 0.5) is 4.79 Å². The van der Waals surface area contributed by atoms with Gasteiger partial charge in [-0.05, 0) is 38.5 Å². The first-order valence-corrected chi connectivity index (χ1v) is 18.3. The Hall–Kier alpha value is -0.990. The maximum atomic E-state index is 11.7. The van der Waals surface area contributed by atoms with Crippen molar-refractivity contribution in [1.29, 1.82) is 0 Å². The molecule has 0 aromatic rings. The van der Waals surface area contributed by atoms with Gasteiger partial charge in [0.05, 0.1) is 13.2 Å². The summed E-state index contributed by atoms with van der Waals surface area (Å²) in [6.45, 7) is 5.57. The van der Waals surface area contributed by atoms with Gasteiger partial charge in [-0.1, -0.05) is 180 Å². The molecule has 0 radical (unpaired) electrons. The van der Waals surface area contributed by atoms with E-state index >= 15 is 0 Å². The summed E-state index contributed by atoms with van der Waals surface area (Å²) in [5.41, 5.74) is 0. The molecule has 0 aromatic heterocycles. The molecule has 0 heterocycles. The molecule has 40 heavy (non-hydrogen) atoms. The second kappa shape index (κ2) is 36.0. The number of hydrogen-bond acceptors (Lipinski definition) is 3. The minimum Gasteiger partial charge on any atom is -0.434 e. The minimum atomic E-state index is -0.478. The summed E-state index contributed by atoms with van der Waals surface area (Å²) >= 11 is 0. The Kier molecular flexibility index (Phi) is 35.1. The summed E-state index contributed by atoms with van der Waals surface area (Å²) in [4.78, 5) is 11.7. The van der Waals surface area contributed by atoms with E-state index in [0.29, 0.717) is 13.2 Å². The second-order valence-electron chi connectivity index (χ2n) is 12.2. The number of allylic oxidation sites excluding steroid dienone is 2. The van der Waals surface area contributed by atoms with Crippen LogP contribution in [0.2, 0.25) is 0 Å². The highest BCUT2D eigenvalue weighted by atomic mass is 16.7. The van der Waals surface area contributed by atoms with Crippen molar-refractivity contribution >= 4 is 6.16 Å². The molecule has 0 aliphatic carbocycles. The quantitative estimate of drug-likeness (QED) is 0.0451. The standard InChI is InChI=1S/C37H72O3/c1-3-5-7-9-11-13-15-17-19-20-21-22-24-26-28-30-32-34-36-40-37(38)39-35-33-31-29-27-25-23-18-16-14-12-10-8-6-4-2/h20-21H,3-19,22-36H2,1-2H3/b21-20-. The maximum absolute atomic E-state index is 11.7. The highest BCUT2D eigenvalue weighted by Crippen LogP contribution is 2.14. The van der Waals surface area contributed by atoms with Crippen LogP contribution >= 0.6 is 0 Å². The summed E-state index contributed by atoms with van der Waals surface area (Å²) in [7, 11) is 0. The summed E-state index contributed by atoms with van der Waals surface area (Å²) in [6.07, 6.45) is 44.0. The van der Waals surface area contributed by atoms with Gasteiger partial charge in [-0.15, -0.1) is 0 Å². The molecule has 0 aliphatic rings. The van der Waals surface area contributed by atoms with Crippen molar-refractivity contribution in [1.82, 2.24) is 0 Å². The number of carbonyl (C=O) groups is 1. The summed E-state index contributed by atoms with van der Waals surface area (Å²) < 4.78 is 10.4. The third-order valence-corrected chi connectivity index (χ3v) is 8.09. The molecular weight excluding hydrogens is 492 g/mol. The zero-order chi connectivity index (χ0) is 29.0. The number of rotatable bonds is 33. The Balaban J connectivity index is 3.19. The van der Waals surface area contributed by atoms with E-state index in [9.17, 15) is 4.79 Å². The monoisotopic (exact) mass is 565 g/mol. The van der Waals surface area contributed by atoms with Crippen LogP contribution in [0.1, 0.15) is 206 Å². The van der Waals surface area contributed by atoms with Crippen LogP contribution in [0.3, 0.4) is 0 Å². The summed E-state index contributed by atoms with van der Waals surface area (Å²) in [5, 5.41) is 0. The predicted octanol–water partition coefficient (Wildman–Crippen LogP) is 13.4. The van der Waals surface area contributed by atoms with Crippen LogP contribution in [0, 0.1) is 0 Å². The second-order valence-corrected chi connectivity index (χ2v) is 12.2. The lowest BCUT2D eigenvalue weighted by molar-refractivity contribution is 0.0529. The van der Waals surface area contributed by atoms with Crippen LogP contribution in [-0.2, 0) is 9.47 Å². The number of unbranched alkanes of at least 4 members (excludes halogenated alkanes) is 27. The molecule has 3 heteroatoms. The SMILES string of the molecule is CCCCCCCCCC/C=C\CCCCCCCCOC(=O)OCCCCCCCCCCCCCCCC. The average Bonchev–Trinajstić information content (AvgIpc) is 2.96. The lowest BCUT2D eigenvalue weighted by Crippen LogP contribution is -2.09. The third kappa shape index (κ3) is 35.0. The van der Waals surface area contributed by atoms with Gasteiger partial charge in [-0.2, -0.15) is 0 Å². The molecule has 0 spiro atoms. The normalized spacial score (nSPS) is 11.4. The Morgan fingerprint density at radius 2 is 0.625 bits per heavy atom. The largest absolute Gasteiger partial charge is 0.508 e. The van der Waals surface area contributed by atoms with Crippen molar-refractivity contribution in [3.05, 3.63) is 12.2 Å². The van der Waals surface area contributed by atoms with Gasteiger partial charge in [0.25, 0.3) is 0 Å². The zero-order valence-electron chi connectivity index (χ0n) is 27.5. The Labute approximate surface area is 252 Å². The lowest BCUT2D eigenvalue weighted by Gasteiger charge is -2.06. The number of ether oxygens (including phenoxy) is 2. The van der Waals surface area contributed by atoms with Gasteiger partial charge in [0.1, 0.15) is 0 Å². The van der Waals surface area contributed by atoms with Crippen molar-refractivity contribution in [3.63, 3.8) is 0 Å². The van der Waals surface area contributed by atoms with Crippen LogP contribution in [0.5, 0.6) is 0 Å². The molecule has 0 saturated carbocycles. The molecule has 0 rings (SSSR count). The first-order chi connectivity index (χ1) is 19.8. The van der Waals surface area contributed by atoms with E-state index in [2.05, 4.69) is 26.0 Å². The van der Waals surface area contributed by atoms with Crippen LogP contribution < -0.4 is 0 Å². The van der Waals surface area contributed by atoms with Crippen molar-refractivity contribution in [3.8, 4) is 0 Å². The van der Waals surface area contributed by atoms with Crippen LogP contribution in [0.15, 0.2) is 12.2 Å². The molecule has 0 aromatic carbocycles. The van der Waals surface area contributed by atoms with Gasteiger partial charge in [0.2, 0.25) is 0 Å². The van der Waals surface area contributed by atoms with E-state index in [1.54, 1.807) is 0 Å². The van der Waals surface area contributed by atoms with Crippen molar-refractivity contribution in [2.45, 2.75) is 206 Å². The topological polar surface area (TPSA) is 35.5 Å². The van der Waals surface area contributed by atoms with Crippen molar-refractivity contribution in [2.24, 2.45) is 0 Å². The van der Waals surface area contributed by atoms with Gasteiger partial charge in [-0.3, -0.25) is 0 Å². The van der Waals surface area contributed by atoms with Crippen molar-refractivity contribution < 1.29 is 14.3 Å². The smallest absolute Gasteiger partial charge is 0.434 e. The molecule has 0 unspecified atom stereocenters. The fourth-order valence-electron chi connectivity index (χ4n) is 5.35. The highest BCUT2D eigenvalue weighted by Gasteiger charge is 2.03. The van der Waals surface area contributed by atoms with Crippen molar-refractivity contribution in [2.75, 3.05) is 13.2 Å². The van der Waals surface area contributed by atoms with Gasteiger partial charge >= 0.3 is 6.16 Å². The molecule has 3 nitrogen and oxygen atoms in total. The van der Waals surface area contributed by atoms with Crippen LogP contribution in [-0.4, -0.2) is 19.4 Å². The molecule has 0 atom stereocenters. The molecule has 0 amide bonds. The molecule has 238 valence electrons. The van der Waals surface area contributed by atoms with Gasteiger partial charge < -0.3 is 9.47 Å². The number of hydrogen-bond donors (Lipinski definition) is 0. The predicted molar refractivity (Wildman–Crippen MR) is 176 cm³/mol. The molecule has 0 N–H and O–H groups in total. The Bertz CT molecular complexity index is 502. The Morgan fingerprint density at radius 3 is 0.925 bits per heavy atom. The summed E-state index contributed by atoms with van der Waals surface area (Å²) in [5.74, 6) is 0. The lowest BCUT2D eigenvalue weighted by atomic mass is 10.0. The fourth-order valence-corrected chi connectivity index (χ4v) is 5.35. The third-order valence-electron chi connectivity index (χ3n) is 8.09. The van der Waals surface area contributed by atoms with Gasteiger partial charge in [0, 0.05) is 0 Å². The van der Waals surface area contributed by atoms with E-state index in [0.717, 1.165) is 25.7 Å². The summed E-state index contributed by atoms with van der Waals surface area (Å²) in [6, 6.07) is 0. The van der Waals surface area contributed by atoms with Gasteiger partial charge in [-0.25, -0.2) is 4.79 Å². The molecule has 0 aliphatic heterocycles. The minimum absolute atomic E-state index is 0.478. The molecule has 0 bridgehead atoms. The number of carbonyl (C=O) groups excluding carboxylic acids is 1. The zero-order valence-corrected chi connectivity index (χ0v) is 27.5. The van der Waals surface area contributed by atoms with E-state index in [1.807, 2.05) is 0 Å². The maximum Gasteiger partial charge on any atom is 0.508 e. The van der Waals surface area contributed by atoms with E-state index in [1.165, 1.54) is 167 Å². The van der Waals surface area contributed by atoms with E-state index in [-0.39, 0.29) is 0 Å². The van der Waals surface area contributed by atoms with E-state index < -0.39 is 6.16 Å². The van der Waals surface area contributed by atoms with E-state index in [4.69, 9.17) is 9.47 Å². The average molecular weight is 565 g/mol. The Morgan fingerprint density at radius 1 is 0.375 bits per heavy atom. The molecule has 0 fully saturated rings. The van der Waals surface area contributed by atoms with Gasteiger partial charge in [0.15, 0.2) is 0 Å². The first-order valence-electron chi connectivity index (χ1n) is 18.3. The molecule has 0 saturated heterocycles. The first kappa shape index (κ1) is 39.0. The fraction of sp³-hybridized carbons (Fsp3) is 0.919. The molecular formula is C37H72O3. The van der Waals surface area contributed by atoms with Crippen LogP contribution in [0.25, 0.3) is 0 Å². The highest BCUT2D eigenvalue weighted by molar-refractivity contribution is 5.59.